The van der Waals surface area contributed by atoms with Gasteiger partial charge in [0.1, 0.15) is 23.4 Å². The highest BCUT2D eigenvalue weighted by atomic mass is 19.1. The van der Waals surface area contributed by atoms with Gasteiger partial charge in [-0.1, -0.05) is 6.07 Å². The van der Waals surface area contributed by atoms with Gasteiger partial charge in [-0.2, -0.15) is 5.26 Å². The van der Waals surface area contributed by atoms with Crippen LogP contribution in [0.4, 0.5) is 19.3 Å². The van der Waals surface area contributed by atoms with Gasteiger partial charge in [0, 0.05) is 13.1 Å². The molecule has 1 heterocycles. The average Bonchev–Trinajstić information content (AvgIpc) is 2.39. The Morgan fingerprint density at radius 1 is 1.32 bits per heavy atom. The van der Waals surface area contributed by atoms with Gasteiger partial charge in [0.15, 0.2) is 0 Å². The van der Waals surface area contributed by atoms with E-state index in [1.807, 2.05) is 6.07 Å². The summed E-state index contributed by atoms with van der Waals surface area (Å²) < 4.78 is 27.4. The molecule has 6 heteroatoms. The number of para-hydroxylation sites is 1. The molecule has 19 heavy (non-hydrogen) atoms. The molecule has 0 spiro atoms. The van der Waals surface area contributed by atoms with Gasteiger partial charge in [0.05, 0.1) is 6.07 Å². The normalized spacial score (nSPS) is 17.3. The van der Waals surface area contributed by atoms with E-state index in [-0.39, 0.29) is 12.2 Å². The smallest absolute Gasteiger partial charge is 0.309 e. The Balaban J connectivity index is 2.35. The fourth-order valence-electron chi connectivity index (χ4n) is 2.13. The molecule has 1 aromatic carbocycles. The lowest BCUT2D eigenvalue weighted by atomic mass is 10.2. The molecule has 4 nitrogen and oxygen atoms in total. The number of urea groups is 1. The van der Waals surface area contributed by atoms with Crippen molar-refractivity contribution in [1.29, 1.82) is 5.26 Å². The highest BCUT2D eigenvalue weighted by Gasteiger charge is 2.32. The zero-order valence-corrected chi connectivity index (χ0v) is 10.4. The Bertz CT molecular complexity index is 521. The second kappa shape index (κ2) is 5.22. The Hall–Kier alpha value is -2.16. The van der Waals surface area contributed by atoms with E-state index in [0.717, 1.165) is 17.0 Å². The molecule has 0 aromatic heterocycles. The summed E-state index contributed by atoms with van der Waals surface area (Å²) in [5, 5.41) is 8.86. The van der Waals surface area contributed by atoms with E-state index in [2.05, 4.69) is 0 Å². The van der Waals surface area contributed by atoms with Crippen LogP contribution in [0.5, 0.6) is 0 Å². The first-order chi connectivity index (χ1) is 9.06. The van der Waals surface area contributed by atoms with Crippen LogP contribution in [0.15, 0.2) is 18.2 Å². The number of halogens is 2. The topological polar surface area (TPSA) is 47.3 Å². The van der Waals surface area contributed by atoms with Crippen LogP contribution in [-0.4, -0.2) is 30.1 Å². The number of benzene rings is 1. The average molecular weight is 265 g/mol. The lowest BCUT2D eigenvalue weighted by Gasteiger charge is -2.37. The minimum atomic E-state index is -0.778. The number of anilines is 1. The third-order valence-corrected chi connectivity index (χ3v) is 3.12. The van der Waals surface area contributed by atoms with E-state index in [0.29, 0.717) is 13.0 Å². The third-order valence-electron chi connectivity index (χ3n) is 3.12. The molecule has 0 aliphatic carbocycles. The van der Waals surface area contributed by atoms with Crippen molar-refractivity contribution in [2.75, 3.05) is 18.0 Å². The number of hydrogen-bond donors (Lipinski definition) is 0. The van der Waals surface area contributed by atoms with E-state index < -0.39 is 23.7 Å². The van der Waals surface area contributed by atoms with E-state index in [1.165, 1.54) is 11.0 Å². The molecule has 100 valence electrons. The first kappa shape index (κ1) is 13.3. The standard InChI is InChI=1S/C13H13F2N3O/c1-9(8-16)17-6-3-7-18(13(17)19)12-10(14)4-2-5-11(12)15/h2,4-5,9H,3,6-7H2,1H3. The maximum atomic E-state index is 13.7. The lowest BCUT2D eigenvalue weighted by Crippen LogP contribution is -2.52. The highest BCUT2D eigenvalue weighted by molar-refractivity contribution is 5.93. The van der Waals surface area contributed by atoms with Crippen molar-refractivity contribution in [2.45, 2.75) is 19.4 Å². The van der Waals surface area contributed by atoms with E-state index >= 15 is 0 Å². The maximum Gasteiger partial charge on any atom is 0.325 e. The van der Waals surface area contributed by atoms with Crippen LogP contribution in [0.25, 0.3) is 0 Å². The largest absolute Gasteiger partial charge is 0.325 e. The minimum Gasteiger partial charge on any atom is -0.309 e. The number of amides is 2. The van der Waals surface area contributed by atoms with E-state index in [4.69, 9.17) is 5.26 Å². The Morgan fingerprint density at radius 3 is 2.53 bits per heavy atom. The fourth-order valence-corrected chi connectivity index (χ4v) is 2.13. The van der Waals surface area contributed by atoms with Gasteiger partial charge >= 0.3 is 6.03 Å². The van der Waals surface area contributed by atoms with Crippen molar-refractivity contribution in [3.8, 4) is 6.07 Å². The van der Waals surface area contributed by atoms with Crippen molar-refractivity contribution < 1.29 is 13.6 Å². The summed E-state index contributed by atoms with van der Waals surface area (Å²) >= 11 is 0. The summed E-state index contributed by atoms with van der Waals surface area (Å²) in [7, 11) is 0. The van der Waals surface area contributed by atoms with Crippen molar-refractivity contribution in [3.63, 3.8) is 0 Å². The predicted molar refractivity (Wildman–Crippen MR) is 65.5 cm³/mol. The lowest BCUT2D eigenvalue weighted by molar-refractivity contribution is 0.186. The number of carbonyl (C=O) groups excluding carboxylic acids is 1. The first-order valence-electron chi connectivity index (χ1n) is 5.98. The molecule has 1 atom stereocenters. The summed E-state index contributed by atoms with van der Waals surface area (Å²) in [5.74, 6) is -1.56. The Labute approximate surface area is 109 Å². The third kappa shape index (κ3) is 2.36. The molecule has 0 N–H and O–H groups in total. The zero-order valence-electron chi connectivity index (χ0n) is 10.4. The maximum absolute atomic E-state index is 13.7. The van der Waals surface area contributed by atoms with Crippen LogP contribution in [-0.2, 0) is 0 Å². The highest BCUT2D eigenvalue weighted by Crippen LogP contribution is 2.27. The quantitative estimate of drug-likeness (QED) is 0.824. The molecule has 1 aliphatic heterocycles. The van der Waals surface area contributed by atoms with Gasteiger partial charge in [-0.3, -0.25) is 4.90 Å². The van der Waals surface area contributed by atoms with Crippen LogP contribution in [0.2, 0.25) is 0 Å². The van der Waals surface area contributed by atoms with Gasteiger partial charge in [-0.15, -0.1) is 0 Å². The predicted octanol–water partition coefficient (Wildman–Crippen LogP) is 2.51. The molecule has 1 aliphatic rings. The van der Waals surface area contributed by atoms with Gasteiger partial charge < -0.3 is 4.90 Å². The molecule has 0 radical (unpaired) electrons. The van der Waals surface area contributed by atoms with Crippen LogP contribution >= 0.6 is 0 Å². The Kier molecular flexibility index (Phi) is 3.65. The van der Waals surface area contributed by atoms with Gasteiger partial charge in [-0.25, -0.2) is 13.6 Å². The zero-order chi connectivity index (χ0) is 14.0. The Morgan fingerprint density at radius 2 is 1.95 bits per heavy atom. The number of carbonyl (C=O) groups is 1. The summed E-state index contributed by atoms with van der Waals surface area (Å²) in [5.41, 5.74) is -0.345. The molecular formula is C13H13F2N3O. The number of hydrogen-bond acceptors (Lipinski definition) is 2. The number of rotatable bonds is 2. The fraction of sp³-hybridized carbons (Fsp3) is 0.385. The van der Waals surface area contributed by atoms with Crippen molar-refractivity contribution >= 4 is 11.7 Å². The first-order valence-corrected chi connectivity index (χ1v) is 5.98. The summed E-state index contributed by atoms with van der Waals surface area (Å²) in [6.45, 7) is 2.24. The van der Waals surface area contributed by atoms with Gasteiger partial charge in [-0.05, 0) is 25.5 Å². The van der Waals surface area contributed by atoms with Crippen LogP contribution in [0, 0.1) is 23.0 Å². The summed E-state index contributed by atoms with van der Waals surface area (Å²) in [4.78, 5) is 14.6. The molecule has 1 unspecified atom stereocenters. The SMILES string of the molecule is CC(C#N)N1CCCN(c2c(F)cccc2F)C1=O. The molecule has 1 aromatic rings. The second-order valence-corrected chi connectivity index (χ2v) is 4.36. The van der Waals surface area contributed by atoms with Crippen LogP contribution in [0.1, 0.15) is 13.3 Å². The van der Waals surface area contributed by atoms with Gasteiger partial charge in [0.2, 0.25) is 0 Å². The molecule has 2 rings (SSSR count). The van der Waals surface area contributed by atoms with Crippen molar-refractivity contribution in [3.05, 3.63) is 29.8 Å². The molecular weight excluding hydrogens is 252 g/mol. The molecule has 0 saturated carbocycles. The van der Waals surface area contributed by atoms with E-state index in [1.54, 1.807) is 6.92 Å². The molecule has 1 fully saturated rings. The van der Waals surface area contributed by atoms with E-state index in [9.17, 15) is 13.6 Å². The van der Waals surface area contributed by atoms with Crippen LogP contribution < -0.4 is 4.90 Å². The number of nitriles is 1. The second-order valence-electron chi connectivity index (χ2n) is 4.36. The molecule has 1 saturated heterocycles. The summed E-state index contributed by atoms with van der Waals surface area (Å²) in [6, 6.07) is 4.27. The monoisotopic (exact) mass is 265 g/mol. The number of nitrogens with zero attached hydrogens (tertiary/aromatic N) is 3. The van der Waals surface area contributed by atoms with Crippen LogP contribution in [0.3, 0.4) is 0 Å². The van der Waals surface area contributed by atoms with Crippen molar-refractivity contribution in [1.82, 2.24) is 4.90 Å². The summed E-state index contributed by atoms with van der Waals surface area (Å²) in [6.07, 6.45) is 0.561. The minimum absolute atomic E-state index is 0.241. The van der Waals surface area contributed by atoms with Gasteiger partial charge in [0.25, 0.3) is 0 Å². The van der Waals surface area contributed by atoms with Crippen molar-refractivity contribution in [2.24, 2.45) is 0 Å². The molecule has 2 amide bonds. The molecule has 0 bridgehead atoms.